The van der Waals surface area contributed by atoms with Crippen molar-refractivity contribution >= 4 is 13.4 Å². The first kappa shape index (κ1) is 13.3. The zero-order valence-electron chi connectivity index (χ0n) is 10.3. The Morgan fingerprint density at radius 1 is 0.750 bits per heavy atom. The van der Waals surface area contributed by atoms with Crippen molar-refractivity contribution in [3.05, 3.63) is 0 Å². The highest BCUT2D eigenvalue weighted by molar-refractivity contribution is 5.23. The van der Waals surface area contributed by atoms with Gasteiger partial charge in [-0.1, -0.05) is 0 Å². The highest BCUT2D eigenvalue weighted by Gasteiger charge is 2.15. The van der Waals surface area contributed by atoms with Crippen molar-refractivity contribution in [2.45, 2.75) is 12.8 Å². The molecule has 0 amide bonds. The standard InChI is InChI=1S/C12H24N4/c1-13-5-3-7-15-9-11-16(12-10-15)8-4-6-14-2/h1-12H2. The fourth-order valence-electron chi connectivity index (χ4n) is 2.05. The molecule has 0 saturated carbocycles. The highest BCUT2D eigenvalue weighted by Crippen LogP contribution is 2.03. The first-order chi connectivity index (χ1) is 7.86. The molecule has 0 N–H and O–H groups in total. The van der Waals surface area contributed by atoms with E-state index in [1.165, 1.54) is 39.3 Å². The molecule has 1 saturated heterocycles. The lowest BCUT2D eigenvalue weighted by Gasteiger charge is -2.34. The molecule has 0 atom stereocenters. The predicted molar refractivity (Wildman–Crippen MR) is 70.9 cm³/mol. The fourth-order valence-corrected chi connectivity index (χ4v) is 2.05. The Hall–Kier alpha value is -0.740. The Morgan fingerprint density at radius 2 is 1.12 bits per heavy atom. The number of nitrogens with zero attached hydrogens (tertiary/aromatic N) is 4. The number of rotatable bonds is 8. The lowest BCUT2D eigenvalue weighted by Crippen LogP contribution is -2.46. The van der Waals surface area contributed by atoms with Crippen LogP contribution in [0.3, 0.4) is 0 Å². The molecule has 0 bridgehead atoms. The van der Waals surface area contributed by atoms with Crippen LogP contribution in [0.25, 0.3) is 0 Å². The summed E-state index contributed by atoms with van der Waals surface area (Å²) in [4.78, 5) is 12.8. The minimum Gasteiger partial charge on any atom is -0.301 e. The normalized spacial score (nSPS) is 18.5. The Kier molecular flexibility index (Phi) is 7.01. The molecule has 0 unspecified atom stereocenters. The van der Waals surface area contributed by atoms with Gasteiger partial charge in [0.25, 0.3) is 0 Å². The second-order valence-electron chi connectivity index (χ2n) is 4.28. The van der Waals surface area contributed by atoms with Crippen LogP contribution in [0.2, 0.25) is 0 Å². The minimum atomic E-state index is 0.894. The Balaban J connectivity index is 2.04. The van der Waals surface area contributed by atoms with Crippen molar-refractivity contribution in [3.63, 3.8) is 0 Å². The lowest BCUT2D eigenvalue weighted by molar-refractivity contribution is 0.131. The van der Waals surface area contributed by atoms with Crippen LogP contribution in [0.1, 0.15) is 12.8 Å². The predicted octanol–water partition coefficient (Wildman–Crippen LogP) is 0.785. The average molecular weight is 224 g/mol. The molecule has 0 aromatic carbocycles. The molecule has 0 radical (unpaired) electrons. The maximum atomic E-state index is 3.88. The number of piperazine rings is 1. The van der Waals surface area contributed by atoms with Crippen molar-refractivity contribution in [1.29, 1.82) is 0 Å². The van der Waals surface area contributed by atoms with E-state index >= 15 is 0 Å². The van der Waals surface area contributed by atoms with Crippen LogP contribution in [-0.2, 0) is 0 Å². The topological polar surface area (TPSA) is 31.2 Å². The fraction of sp³-hybridized carbons (Fsp3) is 0.833. The number of hydrogen-bond acceptors (Lipinski definition) is 4. The Morgan fingerprint density at radius 3 is 1.44 bits per heavy atom. The van der Waals surface area contributed by atoms with Gasteiger partial charge in [0.05, 0.1) is 0 Å². The molecule has 4 heteroatoms. The van der Waals surface area contributed by atoms with E-state index in [1.54, 1.807) is 0 Å². The molecule has 1 aliphatic heterocycles. The summed E-state index contributed by atoms with van der Waals surface area (Å²) >= 11 is 0. The van der Waals surface area contributed by atoms with E-state index in [4.69, 9.17) is 0 Å². The van der Waals surface area contributed by atoms with Crippen molar-refractivity contribution in [2.24, 2.45) is 9.98 Å². The van der Waals surface area contributed by atoms with Crippen LogP contribution in [0.4, 0.5) is 0 Å². The number of aliphatic imine (C=N–C) groups is 2. The van der Waals surface area contributed by atoms with E-state index in [0.29, 0.717) is 0 Å². The van der Waals surface area contributed by atoms with Gasteiger partial charge in [-0.05, 0) is 39.4 Å². The van der Waals surface area contributed by atoms with Crippen LogP contribution >= 0.6 is 0 Å². The highest BCUT2D eigenvalue weighted by atomic mass is 15.3. The molecule has 1 heterocycles. The average Bonchev–Trinajstić information content (AvgIpc) is 2.32. The molecule has 4 nitrogen and oxygen atoms in total. The summed E-state index contributed by atoms with van der Waals surface area (Å²) in [5.41, 5.74) is 0. The van der Waals surface area contributed by atoms with Crippen molar-refractivity contribution in [2.75, 3.05) is 52.4 Å². The van der Waals surface area contributed by atoms with E-state index in [1.807, 2.05) is 0 Å². The van der Waals surface area contributed by atoms with Crippen LogP contribution in [-0.4, -0.2) is 75.6 Å². The summed E-state index contributed by atoms with van der Waals surface area (Å²) in [7, 11) is 0. The number of hydrogen-bond donors (Lipinski definition) is 0. The molecular formula is C12H24N4. The summed E-state index contributed by atoms with van der Waals surface area (Å²) in [6.07, 6.45) is 2.29. The Labute approximate surface area is 99.1 Å². The van der Waals surface area contributed by atoms with Crippen molar-refractivity contribution in [1.82, 2.24) is 9.80 Å². The van der Waals surface area contributed by atoms with Crippen LogP contribution < -0.4 is 0 Å². The summed E-state index contributed by atoms with van der Waals surface area (Å²) in [5.74, 6) is 0. The summed E-state index contributed by atoms with van der Waals surface area (Å²) in [6.45, 7) is 15.9. The van der Waals surface area contributed by atoms with Gasteiger partial charge in [0.2, 0.25) is 0 Å². The smallest absolute Gasteiger partial charge is 0.0394 e. The lowest BCUT2D eigenvalue weighted by atomic mass is 10.2. The third kappa shape index (κ3) is 5.37. The van der Waals surface area contributed by atoms with Crippen molar-refractivity contribution in [3.8, 4) is 0 Å². The third-order valence-electron chi connectivity index (χ3n) is 3.05. The van der Waals surface area contributed by atoms with Gasteiger partial charge in [-0.15, -0.1) is 0 Å². The molecule has 0 aromatic heterocycles. The molecule has 0 spiro atoms. The molecule has 1 fully saturated rings. The molecular weight excluding hydrogens is 200 g/mol. The van der Waals surface area contributed by atoms with Crippen molar-refractivity contribution < 1.29 is 0 Å². The summed E-state index contributed by atoms with van der Waals surface area (Å²) < 4.78 is 0. The van der Waals surface area contributed by atoms with Gasteiger partial charge in [0, 0.05) is 39.3 Å². The van der Waals surface area contributed by atoms with Gasteiger partial charge in [0.1, 0.15) is 0 Å². The quantitative estimate of drug-likeness (QED) is 0.451. The zero-order valence-corrected chi connectivity index (χ0v) is 10.3. The van der Waals surface area contributed by atoms with Gasteiger partial charge in [-0.2, -0.15) is 0 Å². The van der Waals surface area contributed by atoms with E-state index < -0.39 is 0 Å². The second kappa shape index (κ2) is 8.42. The van der Waals surface area contributed by atoms with Crippen LogP contribution in [0.5, 0.6) is 0 Å². The molecule has 0 aromatic rings. The molecule has 16 heavy (non-hydrogen) atoms. The molecule has 1 rings (SSSR count). The Bertz CT molecular complexity index is 175. The molecule has 1 aliphatic rings. The molecule has 0 aliphatic carbocycles. The second-order valence-corrected chi connectivity index (χ2v) is 4.28. The summed E-state index contributed by atoms with van der Waals surface area (Å²) in [6, 6.07) is 0. The van der Waals surface area contributed by atoms with Gasteiger partial charge in [-0.25, -0.2) is 0 Å². The largest absolute Gasteiger partial charge is 0.301 e. The minimum absolute atomic E-state index is 0.894. The summed E-state index contributed by atoms with van der Waals surface area (Å²) in [5, 5.41) is 0. The van der Waals surface area contributed by atoms with Crippen LogP contribution in [0.15, 0.2) is 9.98 Å². The maximum Gasteiger partial charge on any atom is 0.0394 e. The van der Waals surface area contributed by atoms with Gasteiger partial charge >= 0.3 is 0 Å². The third-order valence-corrected chi connectivity index (χ3v) is 3.05. The van der Waals surface area contributed by atoms with E-state index in [0.717, 1.165) is 25.9 Å². The first-order valence-electron chi connectivity index (χ1n) is 6.16. The SMILES string of the molecule is C=NCCCN1CCN(CCCN=C)CC1. The van der Waals surface area contributed by atoms with Gasteiger partial charge < -0.3 is 19.8 Å². The monoisotopic (exact) mass is 224 g/mol. The molecule has 92 valence electrons. The van der Waals surface area contributed by atoms with Crippen LogP contribution in [0, 0.1) is 0 Å². The van der Waals surface area contributed by atoms with Gasteiger partial charge in [-0.3, -0.25) is 0 Å². The first-order valence-corrected chi connectivity index (χ1v) is 6.16. The zero-order chi connectivity index (χ0) is 11.6. The van der Waals surface area contributed by atoms with Gasteiger partial charge in [0.15, 0.2) is 0 Å². The van der Waals surface area contributed by atoms with E-state index in [-0.39, 0.29) is 0 Å². The van der Waals surface area contributed by atoms with E-state index in [9.17, 15) is 0 Å². The van der Waals surface area contributed by atoms with E-state index in [2.05, 4.69) is 33.2 Å². The maximum absolute atomic E-state index is 3.88.